The molecule has 0 saturated carbocycles. The summed E-state index contributed by atoms with van der Waals surface area (Å²) < 4.78 is 6.17. The fourth-order valence-electron chi connectivity index (χ4n) is 0.751. The Balaban J connectivity index is 3.00. The van der Waals surface area contributed by atoms with E-state index in [0.717, 1.165) is 5.69 Å². The Labute approximate surface area is 64.5 Å². The van der Waals surface area contributed by atoms with Crippen molar-refractivity contribution in [3.63, 3.8) is 0 Å². The molecule has 4 nitrogen and oxygen atoms in total. The predicted molar refractivity (Wildman–Crippen MR) is 40.2 cm³/mol. The second-order valence-electron chi connectivity index (χ2n) is 2.24. The number of ether oxygens (including phenoxy) is 1. The van der Waals surface area contributed by atoms with Crippen LogP contribution in [0, 0.1) is 6.92 Å². The van der Waals surface area contributed by atoms with Crippen LogP contribution < -0.4 is 5.69 Å². The van der Waals surface area contributed by atoms with E-state index in [4.69, 9.17) is 4.74 Å². The van der Waals surface area contributed by atoms with Gasteiger partial charge in [-0.1, -0.05) is 0 Å². The highest BCUT2D eigenvalue weighted by Crippen LogP contribution is 1.85. The van der Waals surface area contributed by atoms with E-state index in [2.05, 4.69) is 4.98 Å². The Kier molecular flexibility index (Phi) is 2.38. The van der Waals surface area contributed by atoms with Crippen LogP contribution in [0.15, 0.2) is 17.1 Å². The molecule has 1 aromatic rings. The van der Waals surface area contributed by atoms with Gasteiger partial charge < -0.3 is 4.74 Å². The summed E-state index contributed by atoms with van der Waals surface area (Å²) in [6.45, 7) is 2.03. The fourth-order valence-corrected chi connectivity index (χ4v) is 0.751. The number of hydrogen-bond donors (Lipinski definition) is 0. The van der Waals surface area contributed by atoms with Crippen molar-refractivity contribution in [3.05, 3.63) is 28.4 Å². The largest absolute Gasteiger partial charge is 0.364 e. The third-order valence-electron chi connectivity index (χ3n) is 1.28. The van der Waals surface area contributed by atoms with Crippen molar-refractivity contribution in [2.45, 2.75) is 13.7 Å². The molecule has 0 amide bonds. The lowest BCUT2D eigenvalue weighted by atomic mass is 10.5. The van der Waals surface area contributed by atoms with Crippen molar-refractivity contribution >= 4 is 0 Å². The Morgan fingerprint density at radius 2 is 2.45 bits per heavy atom. The van der Waals surface area contributed by atoms with Crippen molar-refractivity contribution in [3.8, 4) is 0 Å². The third-order valence-corrected chi connectivity index (χ3v) is 1.28. The zero-order valence-electron chi connectivity index (χ0n) is 6.57. The first-order chi connectivity index (χ1) is 5.24. The Morgan fingerprint density at radius 3 is 3.00 bits per heavy atom. The molecule has 0 bridgehead atoms. The summed E-state index contributed by atoms with van der Waals surface area (Å²) in [5.74, 6) is 0. The van der Waals surface area contributed by atoms with Crippen LogP contribution in [0.25, 0.3) is 0 Å². The molecule has 11 heavy (non-hydrogen) atoms. The monoisotopic (exact) mass is 154 g/mol. The molecule has 0 aliphatic rings. The summed E-state index contributed by atoms with van der Waals surface area (Å²) in [5.41, 5.74) is 0.453. The highest BCUT2D eigenvalue weighted by atomic mass is 16.5. The summed E-state index contributed by atoms with van der Waals surface area (Å²) in [4.78, 5) is 14.7. The third kappa shape index (κ3) is 1.88. The Morgan fingerprint density at radius 1 is 1.73 bits per heavy atom. The van der Waals surface area contributed by atoms with Gasteiger partial charge in [0.2, 0.25) is 0 Å². The summed E-state index contributed by atoms with van der Waals surface area (Å²) >= 11 is 0. The van der Waals surface area contributed by atoms with Crippen LogP contribution in [0.2, 0.25) is 0 Å². The molecule has 0 radical (unpaired) electrons. The molecule has 0 atom stereocenters. The number of nitrogens with zero attached hydrogens (tertiary/aromatic N) is 2. The number of aromatic nitrogens is 2. The first kappa shape index (κ1) is 7.94. The topological polar surface area (TPSA) is 44.1 Å². The van der Waals surface area contributed by atoms with Crippen LogP contribution in [0.1, 0.15) is 5.69 Å². The minimum atomic E-state index is -0.271. The molecule has 0 saturated heterocycles. The van der Waals surface area contributed by atoms with E-state index in [1.54, 1.807) is 19.2 Å². The number of aryl methyl sites for hydroxylation is 1. The van der Waals surface area contributed by atoms with E-state index >= 15 is 0 Å². The lowest BCUT2D eigenvalue weighted by Gasteiger charge is -2.01. The number of methoxy groups -OCH3 is 1. The molecule has 0 spiro atoms. The predicted octanol–water partition coefficient (Wildman–Crippen LogP) is 0.156. The molecule has 0 fully saturated rings. The maximum absolute atomic E-state index is 11.0. The summed E-state index contributed by atoms with van der Waals surface area (Å²) in [5, 5.41) is 0. The van der Waals surface area contributed by atoms with Gasteiger partial charge in [0.15, 0.2) is 0 Å². The Hall–Kier alpha value is -1.16. The minimum absolute atomic E-state index is 0.256. The highest BCUT2D eigenvalue weighted by Gasteiger charge is 1.94. The van der Waals surface area contributed by atoms with Gasteiger partial charge in [0.1, 0.15) is 6.73 Å². The first-order valence-electron chi connectivity index (χ1n) is 3.27. The molecule has 0 N–H and O–H groups in total. The molecule has 0 aromatic carbocycles. The molecule has 1 aromatic heterocycles. The van der Waals surface area contributed by atoms with Gasteiger partial charge in [0, 0.05) is 19.0 Å². The van der Waals surface area contributed by atoms with Crippen LogP contribution in [0.5, 0.6) is 0 Å². The molecule has 0 unspecified atom stereocenters. The molecule has 0 aliphatic heterocycles. The average molecular weight is 154 g/mol. The zero-order chi connectivity index (χ0) is 8.27. The second-order valence-corrected chi connectivity index (χ2v) is 2.24. The van der Waals surface area contributed by atoms with Crippen molar-refractivity contribution in [2.24, 2.45) is 0 Å². The number of hydrogen-bond acceptors (Lipinski definition) is 3. The zero-order valence-corrected chi connectivity index (χ0v) is 6.57. The second kappa shape index (κ2) is 3.30. The average Bonchev–Trinajstić information content (AvgIpc) is 1.95. The van der Waals surface area contributed by atoms with Gasteiger partial charge >= 0.3 is 5.69 Å². The smallest absolute Gasteiger partial charge is 0.349 e. The highest BCUT2D eigenvalue weighted by molar-refractivity contribution is 4.94. The van der Waals surface area contributed by atoms with Gasteiger partial charge in [-0.05, 0) is 13.0 Å². The molecule has 1 rings (SSSR count). The van der Waals surface area contributed by atoms with Crippen molar-refractivity contribution in [1.29, 1.82) is 0 Å². The van der Waals surface area contributed by atoms with Gasteiger partial charge in [-0.3, -0.25) is 4.57 Å². The van der Waals surface area contributed by atoms with Gasteiger partial charge in [-0.25, -0.2) is 4.79 Å². The SMILES string of the molecule is COCn1ccc(C)nc1=O. The van der Waals surface area contributed by atoms with Gasteiger partial charge in [-0.2, -0.15) is 4.98 Å². The number of rotatable bonds is 2. The van der Waals surface area contributed by atoms with Gasteiger partial charge in [0.05, 0.1) is 0 Å². The van der Waals surface area contributed by atoms with E-state index in [0.29, 0.717) is 0 Å². The maximum Gasteiger partial charge on any atom is 0.349 e. The van der Waals surface area contributed by atoms with Gasteiger partial charge in [0.25, 0.3) is 0 Å². The molecular weight excluding hydrogens is 144 g/mol. The van der Waals surface area contributed by atoms with E-state index < -0.39 is 0 Å². The summed E-state index contributed by atoms with van der Waals surface area (Å²) in [6, 6.07) is 1.76. The molecule has 0 aliphatic carbocycles. The molecule has 4 heteroatoms. The lowest BCUT2D eigenvalue weighted by Crippen LogP contribution is -2.23. The quantitative estimate of drug-likeness (QED) is 0.609. The maximum atomic E-state index is 11.0. The lowest BCUT2D eigenvalue weighted by molar-refractivity contribution is 0.127. The molecule has 1 heterocycles. The van der Waals surface area contributed by atoms with E-state index in [9.17, 15) is 4.79 Å². The van der Waals surface area contributed by atoms with Gasteiger partial charge in [-0.15, -0.1) is 0 Å². The normalized spacial score (nSPS) is 10.0. The Bertz CT molecular complexity index is 293. The van der Waals surface area contributed by atoms with Crippen molar-refractivity contribution in [1.82, 2.24) is 9.55 Å². The van der Waals surface area contributed by atoms with E-state index in [1.165, 1.54) is 11.7 Å². The van der Waals surface area contributed by atoms with Crippen LogP contribution >= 0.6 is 0 Å². The van der Waals surface area contributed by atoms with Crippen molar-refractivity contribution < 1.29 is 4.74 Å². The van der Waals surface area contributed by atoms with Crippen LogP contribution in [0.3, 0.4) is 0 Å². The minimum Gasteiger partial charge on any atom is -0.364 e. The van der Waals surface area contributed by atoms with Crippen molar-refractivity contribution in [2.75, 3.05) is 7.11 Å². The van der Waals surface area contributed by atoms with E-state index in [1.807, 2.05) is 0 Å². The first-order valence-corrected chi connectivity index (χ1v) is 3.27. The molecular formula is C7H10N2O2. The van der Waals surface area contributed by atoms with Crippen LogP contribution in [-0.4, -0.2) is 16.7 Å². The standard InChI is InChI=1S/C7H10N2O2/c1-6-3-4-9(5-11-2)7(10)8-6/h3-4H,5H2,1-2H3. The van der Waals surface area contributed by atoms with Crippen LogP contribution in [-0.2, 0) is 11.5 Å². The summed E-state index contributed by atoms with van der Waals surface area (Å²) in [6.07, 6.45) is 1.66. The summed E-state index contributed by atoms with van der Waals surface area (Å²) in [7, 11) is 1.53. The fraction of sp³-hybridized carbons (Fsp3) is 0.429. The van der Waals surface area contributed by atoms with E-state index in [-0.39, 0.29) is 12.4 Å². The van der Waals surface area contributed by atoms with Crippen LogP contribution in [0.4, 0.5) is 0 Å². The molecule has 60 valence electrons.